The van der Waals surface area contributed by atoms with E-state index in [-0.39, 0.29) is 6.54 Å². The number of aromatic nitrogens is 2. The van der Waals surface area contributed by atoms with Crippen molar-refractivity contribution < 1.29 is 19.0 Å². The minimum absolute atomic E-state index is 0.155. The maximum absolute atomic E-state index is 12.5. The molecular formula is C27H29FN4O3S. The molecule has 2 N–H and O–H groups in total. The van der Waals surface area contributed by atoms with E-state index in [1.54, 1.807) is 30.6 Å². The van der Waals surface area contributed by atoms with Gasteiger partial charge in [-0.1, -0.05) is 24.3 Å². The Labute approximate surface area is 213 Å². The number of anilines is 2. The molecule has 4 rings (SSSR count). The number of halogens is 1. The molecule has 1 atom stereocenters. The standard InChI is InChI=1S/C27H29FN4O3S/c1-27(2,3)35-26(34)32(4)24-12-9-19(15-30-24)17-5-7-18(8-6-17)25-31-22-11-10-20(13-23(22)36-25)29-16-21(33)14-28/h5-13,15,21,29,33H,14,16H2,1-4H3. The molecule has 0 bridgehead atoms. The second-order valence-electron chi connectivity index (χ2n) is 9.41. The lowest BCUT2D eigenvalue weighted by Gasteiger charge is -2.24. The number of pyridine rings is 1. The number of nitrogens with zero attached hydrogens (tertiary/aromatic N) is 3. The molecule has 0 aliphatic heterocycles. The van der Waals surface area contributed by atoms with Gasteiger partial charge in [0.1, 0.15) is 23.1 Å². The first kappa shape index (κ1) is 25.5. The largest absolute Gasteiger partial charge is 0.443 e. The van der Waals surface area contributed by atoms with Gasteiger partial charge in [-0.05, 0) is 56.7 Å². The van der Waals surface area contributed by atoms with E-state index in [0.29, 0.717) is 5.82 Å². The number of aliphatic hydroxyl groups is 1. The van der Waals surface area contributed by atoms with Crippen LogP contribution in [0.4, 0.5) is 20.7 Å². The average molecular weight is 509 g/mol. The molecule has 188 valence electrons. The number of alkyl halides is 1. The van der Waals surface area contributed by atoms with Crippen LogP contribution in [-0.2, 0) is 4.74 Å². The number of carbonyl (C=O) groups is 1. The lowest BCUT2D eigenvalue weighted by Crippen LogP contribution is -2.34. The van der Waals surface area contributed by atoms with Gasteiger partial charge < -0.3 is 15.2 Å². The van der Waals surface area contributed by atoms with Crippen LogP contribution in [0.15, 0.2) is 60.8 Å². The predicted octanol–water partition coefficient (Wildman–Crippen LogP) is 6.14. The molecule has 0 aliphatic carbocycles. The zero-order chi connectivity index (χ0) is 25.9. The highest BCUT2D eigenvalue weighted by molar-refractivity contribution is 7.21. The van der Waals surface area contributed by atoms with Crippen LogP contribution in [0.5, 0.6) is 0 Å². The number of thiazole rings is 1. The third kappa shape index (κ3) is 6.16. The number of amides is 1. The molecule has 2 heterocycles. The van der Waals surface area contributed by atoms with Crippen LogP contribution in [0.25, 0.3) is 31.9 Å². The molecule has 0 aliphatic rings. The first-order valence-corrected chi connectivity index (χ1v) is 12.4. The lowest BCUT2D eigenvalue weighted by molar-refractivity contribution is 0.0588. The minimum atomic E-state index is -1.02. The Balaban J connectivity index is 1.46. The normalized spacial score (nSPS) is 12.4. The summed E-state index contributed by atoms with van der Waals surface area (Å²) in [5.41, 5.74) is 4.04. The van der Waals surface area contributed by atoms with E-state index in [9.17, 15) is 14.3 Å². The van der Waals surface area contributed by atoms with Crippen LogP contribution in [-0.4, -0.2) is 53.1 Å². The summed E-state index contributed by atoms with van der Waals surface area (Å²) >= 11 is 1.57. The highest BCUT2D eigenvalue weighted by atomic mass is 32.1. The number of hydrogen-bond acceptors (Lipinski definition) is 7. The third-order valence-corrected chi connectivity index (χ3v) is 6.40. The summed E-state index contributed by atoms with van der Waals surface area (Å²) in [4.78, 5) is 22.8. The second kappa shape index (κ2) is 10.6. The maximum Gasteiger partial charge on any atom is 0.415 e. The topological polar surface area (TPSA) is 87.6 Å². The highest BCUT2D eigenvalue weighted by Crippen LogP contribution is 2.33. The fraction of sp³-hybridized carbons (Fsp3) is 0.296. The smallest absolute Gasteiger partial charge is 0.415 e. The molecule has 2 aromatic heterocycles. The number of carbonyl (C=O) groups excluding carboxylic acids is 1. The molecular weight excluding hydrogens is 479 g/mol. The van der Waals surface area contributed by atoms with Crippen LogP contribution in [0.3, 0.4) is 0 Å². The van der Waals surface area contributed by atoms with Crippen molar-refractivity contribution in [3.05, 3.63) is 60.8 Å². The Morgan fingerprint density at radius 1 is 1.11 bits per heavy atom. The fourth-order valence-corrected chi connectivity index (χ4v) is 4.44. The van der Waals surface area contributed by atoms with Crippen molar-refractivity contribution in [1.29, 1.82) is 0 Å². The number of aliphatic hydroxyl groups excluding tert-OH is 1. The van der Waals surface area contributed by atoms with E-state index >= 15 is 0 Å². The molecule has 2 aromatic carbocycles. The lowest BCUT2D eigenvalue weighted by atomic mass is 10.1. The van der Waals surface area contributed by atoms with Crippen molar-refractivity contribution in [3.63, 3.8) is 0 Å². The first-order valence-electron chi connectivity index (χ1n) is 11.5. The van der Waals surface area contributed by atoms with Crippen LogP contribution in [0.2, 0.25) is 0 Å². The van der Waals surface area contributed by atoms with Gasteiger partial charge in [0.2, 0.25) is 0 Å². The molecule has 9 heteroatoms. The summed E-state index contributed by atoms with van der Waals surface area (Å²) in [5, 5.41) is 13.4. The molecule has 1 unspecified atom stereocenters. The number of fused-ring (bicyclic) bond motifs is 1. The van der Waals surface area contributed by atoms with Gasteiger partial charge in [0, 0.05) is 36.6 Å². The van der Waals surface area contributed by atoms with Crippen LogP contribution in [0.1, 0.15) is 20.8 Å². The van der Waals surface area contributed by atoms with E-state index < -0.39 is 24.5 Å². The Hall–Kier alpha value is -3.56. The molecule has 1 amide bonds. The van der Waals surface area contributed by atoms with E-state index in [2.05, 4.69) is 10.3 Å². The van der Waals surface area contributed by atoms with E-state index in [1.165, 1.54) is 4.90 Å². The zero-order valence-electron chi connectivity index (χ0n) is 20.7. The van der Waals surface area contributed by atoms with Crippen LogP contribution < -0.4 is 10.2 Å². The molecule has 0 fully saturated rings. The summed E-state index contributed by atoms with van der Waals surface area (Å²) in [7, 11) is 1.63. The van der Waals surface area contributed by atoms with Gasteiger partial charge >= 0.3 is 6.09 Å². The van der Waals surface area contributed by atoms with Crippen molar-refractivity contribution in [2.75, 3.05) is 30.5 Å². The number of hydrogen-bond donors (Lipinski definition) is 2. The van der Waals surface area contributed by atoms with Crippen molar-refractivity contribution >= 4 is 39.2 Å². The van der Waals surface area contributed by atoms with Crippen LogP contribution in [0, 0.1) is 0 Å². The Morgan fingerprint density at radius 3 is 2.44 bits per heavy atom. The Bertz CT molecular complexity index is 1330. The number of rotatable bonds is 7. The van der Waals surface area contributed by atoms with E-state index in [0.717, 1.165) is 37.6 Å². The molecule has 0 saturated heterocycles. The maximum atomic E-state index is 12.5. The summed E-state index contributed by atoms with van der Waals surface area (Å²) < 4.78 is 18.9. The summed E-state index contributed by atoms with van der Waals surface area (Å²) in [6, 6.07) is 17.5. The van der Waals surface area contributed by atoms with Crippen LogP contribution >= 0.6 is 11.3 Å². The average Bonchev–Trinajstić information content (AvgIpc) is 3.29. The molecule has 0 radical (unpaired) electrons. The summed E-state index contributed by atoms with van der Waals surface area (Å²) in [6.07, 6.45) is 0.258. The van der Waals surface area contributed by atoms with E-state index in [4.69, 9.17) is 9.72 Å². The molecule has 36 heavy (non-hydrogen) atoms. The van der Waals surface area contributed by atoms with Crippen molar-refractivity contribution in [2.24, 2.45) is 0 Å². The molecule has 4 aromatic rings. The van der Waals surface area contributed by atoms with Gasteiger partial charge in [-0.15, -0.1) is 11.3 Å². The summed E-state index contributed by atoms with van der Waals surface area (Å²) in [6.45, 7) is 4.85. The van der Waals surface area contributed by atoms with Gasteiger partial charge in [0.15, 0.2) is 0 Å². The number of benzene rings is 2. The van der Waals surface area contributed by atoms with Crippen molar-refractivity contribution in [1.82, 2.24) is 9.97 Å². The highest BCUT2D eigenvalue weighted by Gasteiger charge is 2.21. The minimum Gasteiger partial charge on any atom is -0.443 e. The Morgan fingerprint density at radius 2 is 1.81 bits per heavy atom. The fourth-order valence-electron chi connectivity index (χ4n) is 3.43. The second-order valence-corrected chi connectivity index (χ2v) is 10.4. The zero-order valence-corrected chi connectivity index (χ0v) is 21.5. The summed E-state index contributed by atoms with van der Waals surface area (Å²) in [5.74, 6) is 0.507. The molecule has 7 nitrogen and oxygen atoms in total. The Kier molecular flexibility index (Phi) is 7.51. The monoisotopic (exact) mass is 508 g/mol. The van der Waals surface area contributed by atoms with Crippen molar-refractivity contribution in [3.8, 4) is 21.7 Å². The third-order valence-electron chi connectivity index (χ3n) is 5.33. The number of ether oxygens (including phenoxy) is 1. The van der Waals surface area contributed by atoms with Gasteiger partial charge in [0.05, 0.1) is 16.3 Å². The first-order chi connectivity index (χ1) is 17.1. The SMILES string of the molecule is CN(C(=O)OC(C)(C)C)c1ccc(-c2ccc(-c3nc4ccc(NCC(O)CF)cc4s3)cc2)cn1. The molecule has 0 spiro atoms. The van der Waals surface area contributed by atoms with Gasteiger partial charge in [-0.3, -0.25) is 4.90 Å². The van der Waals surface area contributed by atoms with Gasteiger partial charge in [-0.25, -0.2) is 19.2 Å². The van der Waals surface area contributed by atoms with Crippen molar-refractivity contribution in [2.45, 2.75) is 32.5 Å². The van der Waals surface area contributed by atoms with Gasteiger partial charge in [0.25, 0.3) is 0 Å². The quantitative estimate of drug-likeness (QED) is 0.312. The predicted molar refractivity (Wildman–Crippen MR) is 143 cm³/mol. The molecule has 0 saturated carbocycles. The van der Waals surface area contributed by atoms with Gasteiger partial charge in [-0.2, -0.15) is 0 Å². The van der Waals surface area contributed by atoms with E-state index in [1.807, 2.05) is 69.3 Å². The number of nitrogens with one attached hydrogen (secondary N) is 1.